The highest BCUT2D eigenvalue weighted by Crippen LogP contribution is 2.26. The molecule has 0 unspecified atom stereocenters. The number of morpholine rings is 1. The van der Waals surface area contributed by atoms with Crippen LogP contribution in [0, 0.1) is 12.8 Å². The molecule has 2 aromatic rings. The van der Waals surface area contributed by atoms with Gasteiger partial charge in [0.1, 0.15) is 0 Å². The molecule has 2 aromatic heterocycles. The van der Waals surface area contributed by atoms with Crippen LogP contribution in [0.2, 0.25) is 0 Å². The highest BCUT2D eigenvalue weighted by molar-refractivity contribution is 7.20. The molecular formula is C18H26N6O3S. The van der Waals surface area contributed by atoms with Crippen molar-refractivity contribution in [3.05, 3.63) is 22.1 Å². The predicted molar refractivity (Wildman–Crippen MR) is 107 cm³/mol. The molecular weight excluding hydrogens is 380 g/mol. The van der Waals surface area contributed by atoms with E-state index in [2.05, 4.69) is 25.2 Å². The largest absolute Gasteiger partial charge is 0.379 e. The Labute approximate surface area is 167 Å². The Hall–Kier alpha value is -2.04. The Balaban J connectivity index is 1.27. The molecule has 1 amide bonds. The number of rotatable bonds is 5. The van der Waals surface area contributed by atoms with E-state index in [1.807, 2.05) is 6.92 Å². The summed E-state index contributed by atoms with van der Waals surface area (Å²) in [5.41, 5.74) is 0.548. The van der Waals surface area contributed by atoms with Gasteiger partial charge in [0.05, 0.1) is 13.2 Å². The van der Waals surface area contributed by atoms with Gasteiger partial charge in [-0.25, -0.2) is 4.98 Å². The Morgan fingerprint density at radius 2 is 2.04 bits per heavy atom. The van der Waals surface area contributed by atoms with Crippen LogP contribution in [0.3, 0.4) is 0 Å². The van der Waals surface area contributed by atoms with E-state index < -0.39 is 0 Å². The van der Waals surface area contributed by atoms with Gasteiger partial charge in [0, 0.05) is 56.9 Å². The van der Waals surface area contributed by atoms with E-state index in [1.165, 1.54) is 21.9 Å². The maximum Gasteiger partial charge on any atom is 0.275 e. The van der Waals surface area contributed by atoms with Gasteiger partial charge in [-0.05, 0) is 19.8 Å². The lowest BCUT2D eigenvalue weighted by Crippen LogP contribution is -2.44. The number of anilines is 1. The SMILES string of the molecule is Cc1cc(=O)n2nc(N3CCC(C(=O)NCCN4CCOCC4)CC3)sc2n1. The zero-order chi connectivity index (χ0) is 19.5. The fraction of sp³-hybridized carbons (Fsp3) is 0.667. The average Bonchev–Trinajstić information content (AvgIpc) is 3.13. The normalized spacial score (nSPS) is 19.2. The van der Waals surface area contributed by atoms with Crippen LogP contribution < -0.4 is 15.8 Å². The van der Waals surface area contributed by atoms with Gasteiger partial charge in [-0.2, -0.15) is 4.52 Å². The van der Waals surface area contributed by atoms with Gasteiger partial charge in [0.15, 0.2) is 0 Å². The van der Waals surface area contributed by atoms with Crippen molar-refractivity contribution >= 4 is 27.3 Å². The smallest absolute Gasteiger partial charge is 0.275 e. The molecule has 4 heterocycles. The third kappa shape index (κ3) is 4.34. The number of piperidine rings is 1. The van der Waals surface area contributed by atoms with Crippen LogP contribution in [0.15, 0.2) is 10.9 Å². The first-order chi connectivity index (χ1) is 13.6. The van der Waals surface area contributed by atoms with Gasteiger partial charge in [-0.1, -0.05) is 11.3 Å². The monoisotopic (exact) mass is 406 g/mol. The summed E-state index contributed by atoms with van der Waals surface area (Å²) in [5, 5.41) is 8.29. The van der Waals surface area contributed by atoms with Crippen molar-refractivity contribution in [2.75, 3.05) is 57.4 Å². The summed E-state index contributed by atoms with van der Waals surface area (Å²) in [6.07, 6.45) is 1.58. The Kier molecular flexibility index (Phi) is 5.88. The molecule has 152 valence electrons. The van der Waals surface area contributed by atoms with Crippen molar-refractivity contribution in [3.63, 3.8) is 0 Å². The first-order valence-electron chi connectivity index (χ1n) is 9.80. The highest BCUT2D eigenvalue weighted by atomic mass is 32.1. The van der Waals surface area contributed by atoms with Gasteiger partial charge < -0.3 is 15.0 Å². The number of nitrogens with zero attached hydrogens (tertiary/aromatic N) is 5. The van der Waals surface area contributed by atoms with Crippen LogP contribution in [0.25, 0.3) is 4.96 Å². The van der Waals surface area contributed by atoms with Crippen molar-refractivity contribution in [2.45, 2.75) is 19.8 Å². The number of ether oxygens (including phenoxy) is 1. The molecule has 2 aliphatic rings. The van der Waals surface area contributed by atoms with Gasteiger partial charge in [-0.15, -0.1) is 5.10 Å². The minimum absolute atomic E-state index is 0.0402. The van der Waals surface area contributed by atoms with Gasteiger partial charge >= 0.3 is 0 Å². The molecule has 2 saturated heterocycles. The summed E-state index contributed by atoms with van der Waals surface area (Å²) in [5.74, 6) is 0.184. The van der Waals surface area contributed by atoms with Gasteiger partial charge in [0.2, 0.25) is 16.0 Å². The van der Waals surface area contributed by atoms with E-state index in [-0.39, 0.29) is 17.4 Å². The van der Waals surface area contributed by atoms with E-state index in [0.29, 0.717) is 17.2 Å². The lowest BCUT2D eigenvalue weighted by Gasteiger charge is -2.31. The Morgan fingerprint density at radius 3 is 2.79 bits per heavy atom. The number of carbonyl (C=O) groups is 1. The first kappa shape index (κ1) is 19.3. The second-order valence-corrected chi connectivity index (χ2v) is 8.26. The molecule has 4 rings (SSSR count). The van der Waals surface area contributed by atoms with E-state index in [0.717, 1.165) is 63.9 Å². The third-order valence-electron chi connectivity index (χ3n) is 5.33. The van der Waals surface area contributed by atoms with Crippen molar-refractivity contribution in [1.82, 2.24) is 24.8 Å². The number of hydrogen-bond donors (Lipinski definition) is 1. The van der Waals surface area contributed by atoms with E-state index in [1.54, 1.807) is 0 Å². The second kappa shape index (κ2) is 8.54. The molecule has 9 nitrogen and oxygen atoms in total. The lowest BCUT2D eigenvalue weighted by molar-refractivity contribution is -0.125. The van der Waals surface area contributed by atoms with Crippen LogP contribution in [0.4, 0.5) is 5.13 Å². The number of amides is 1. The fourth-order valence-electron chi connectivity index (χ4n) is 3.68. The molecule has 2 fully saturated rings. The standard InChI is InChI=1S/C18H26N6O3S/c1-13-12-15(25)24-17(20-13)28-18(21-24)23-5-2-14(3-6-23)16(26)19-4-7-22-8-10-27-11-9-22/h12,14H,2-11H2,1H3,(H,19,26). The summed E-state index contributed by atoms with van der Waals surface area (Å²) in [6, 6.07) is 1.49. The van der Waals surface area contributed by atoms with E-state index in [4.69, 9.17) is 4.74 Å². The van der Waals surface area contributed by atoms with Crippen LogP contribution in [-0.2, 0) is 9.53 Å². The van der Waals surface area contributed by atoms with Crippen molar-refractivity contribution in [3.8, 4) is 0 Å². The minimum atomic E-state index is -0.153. The minimum Gasteiger partial charge on any atom is -0.379 e. The maximum atomic E-state index is 12.5. The van der Waals surface area contributed by atoms with Crippen LogP contribution in [-0.4, -0.2) is 77.9 Å². The molecule has 2 aliphatic heterocycles. The molecule has 0 saturated carbocycles. The molecule has 0 aliphatic carbocycles. The second-order valence-electron chi connectivity index (χ2n) is 7.32. The first-order valence-corrected chi connectivity index (χ1v) is 10.6. The summed E-state index contributed by atoms with van der Waals surface area (Å²) < 4.78 is 6.70. The molecule has 10 heteroatoms. The van der Waals surface area contributed by atoms with Gasteiger partial charge in [0.25, 0.3) is 5.56 Å². The number of nitrogens with one attached hydrogen (secondary N) is 1. The summed E-state index contributed by atoms with van der Waals surface area (Å²) >= 11 is 1.42. The van der Waals surface area contributed by atoms with E-state index >= 15 is 0 Å². The fourth-order valence-corrected chi connectivity index (χ4v) is 4.68. The van der Waals surface area contributed by atoms with Gasteiger partial charge in [-0.3, -0.25) is 14.5 Å². The number of carbonyl (C=O) groups excluding carboxylic acids is 1. The predicted octanol–water partition coefficient (Wildman–Crippen LogP) is 0.124. The topological polar surface area (TPSA) is 92.1 Å². The zero-order valence-electron chi connectivity index (χ0n) is 16.1. The number of hydrogen-bond acceptors (Lipinski definition) is 8. The summed E-state index contributed by atoms with van der Waals surface area (Å²) in [4.78, 5) is 34.0. The Bertz CT molecular complexity index is 883. The zero-order valence-corrected chi connectivity index (χ0v) is 16.9. The highest BCUT2D eigenvalue weighted by Gasteiger charge is 2.27. The molecule has 0 bridgehead atoms. The average molecular weight is 407 g/mol. The molecule has 0 aromatic carbocycles. The number of aryl methyl sites for hydroxylation is 1. The molecule has 0 spiro atoms. The van der Waals surface area contributed by atoms with Crippen LogP contribution in [0.1, 0.15) is 18.5 Å². The molecule has 1 N–H and O–H groups in total. The Morgan fingerprint density at radius 1 is 1.29 bits per heavy atom. The quantitative estimate of drug-likeness (QED) is 0.754. The number of fused-ring (bicyclic) bond motifs is 1. The number of aromatic nitrogens is 3. The third-order valence-corrected chi connectivity index (χ3v) is 6.30. The summed E-state index contributed by atoms with van der Waals surface area (Å²) in [6.45, 7) is 8.32. The van der Waals surface area contributed by atoms with Crippen LogP contribution >= 0.6 is 11.3 Å². The van der Waals surface area contributed by atoms with E-state index in [9.17, 15) is 9.59 Å². The summed E-state index contributed by atoms with van der Waals surface area (Å²) in [7, 11) is 0. The molecule has 28 heavy (non-hydrogen) atoms. The van der Waals surface area contributed by atoms with Crippen molar-refractivity contribution in [2.24, 2.45) is 5.92 Å². The lowest BCUT2D eigenvalue weighted by atomic mass is 9.96. The van der Waals surface area contributed by atoms with Crippen molar-refractivity contribution < 1.29 is 9.53 Å². The maximum absolute atomic E-state index is 12.5. The molecule has 0 radical (unpaired) electrons. The van der Waals surface area contributed by atoms with Crippen molar-refractivity contribution in [1.29, 1.82) is 0 Å². The van der Waals surface area contributed by atoms with Crippen LogP contribution in [0.5, 0.6) is 0 Å². The molecule has 0 atom stereocenters.